The van der Waals surface area contributed by atoms with E-state index < -0.39 is 0 Å². The Kier molecular flexibility index (Phi) is 4.00. The second-order valence-corrected chi connectivity index (χ2v) is 5.32. The number of aromatic hydroxyl groups is 1. The number of benzene rings is 2. The number of rotatable bonds is 4. The van der Waals surface area contributed by atoms with Gasteiger partial charge in [0.05, 0.1) is 13.2 Å². The van der Waals surface area contributed by atoms with Gasteiger partial charge < -0.3 is 14.6 Å². The van der Waals surface area contributed by atoms with Crippen molar-refractivity contribution in [2.45, 2.75) is 31.8 Å². The molecule has 0 amide bonds. The molecule has 0 heterocycles. The molecule has 3 nitrogen and oxygen atoms in total. The van der Waals surface area contributed by atoms with Crippen LogP contribution in [0.25, 0.3) is 11.1 Å². The minimum Gasteiger partial charge on any atom is -0.507 e. The second kappa shape index (κ2) is 6.08. The minimum atomic E-state index is 0.217. The first-order valence-corrected chi connectivity index (χ1v) is 7.32. The molecule has 1 saturated carbocycles. The van der Waals surface area contributed by atoms with E-state index in [1.54, 1.807) is 25.3 Å². The molecule has 1 aliphatic carbocycles. The highest BCUT2D eigenvalue weighted by atomic mass is 16.5. The van der Waals surface area contributed by atoms with E-state index in [2.05, 4.69) is 6.07 Å². The Labute approximate surface area is 125 Å². The Hall–Kier alpha value is -2.16. The summed E-state index contributed by atoms with van der Waals surface area (Å²) in [5, 5.41) is 9.96. The van der Waals surface area contributed by atoms with Crippen LogP contribution in [0.3, 0.4) is 0 Å². The molecular formula is C18H19O3. The molecule has 21 heavy (non-hydrogen) atoms. The van der Waals surface area contributed by atoms with Crippen molar-refractivity contribution in [1.29, 1.82) is 0 Å². The molecule has 1 radical (unpaired) electrons. The van der Waals surface area contributed by atoms with Crippen molar-refractivity contribution in [1.82, 2.24) is 0 Å². The lowest BCUT2D eigenvalue weighted by atomic mass is 10.0. The molecule has 1 aliphatic rings. The molecule has 0 spiro atoms. The van der Waals surface area contributed by atoms with Gasteiger partial charge in [0.15, 0.2) is 11.5 Å². The molecule has 0 aromatic heterocycles. The highest BCUT2D eigenvalue weighted by molar-refractivity contribution is 5.71. The summed E-state index contributed by atoms with van der Waals surface area (Å²) in [7, 11) is 1.64. The lowest BCUT2D eigenvalue weighted by Crippen LogP contribution is -2.11. The third kappa shape index (κ3) is 2.97. The summed E-state index contributed by atoms with van der Waals surface area (Å²) in [5.74, 6) is 1.68. The van der Waals surface area contributed by atoms with Gasteiger partial charge in [-0.05, 0) is 55.5 Å². The van der Waals surface area contributed by atoms with Gasteiger partial charge in [-0.1, -0.05) is 18.2 Å². The summed E-state index contributed by atoms with van der Waals surface area (Å²) >= 11 is 0. The molecule has 3 rings (SSSR count). The molecular weight excluding hydrogens is 264 g/mol. The average Bonchev–Trinajstić information content (AvgIpc) is 3.01. The number of phenolic OH excluding ortho intramolecular Hbond substituents is 1. The summed E-state index contributed by atoms with van der Waals surface area (Å²) in [6.07, 6.45) is 4.90. The fraction of sp³-hybridized carbons (Fsp3) is 0.333. The highest BCUT2D eigenvalue weighted by Crippen LogP contribution is 2.37. The van der Waals surface area contributed by atoms with E-state index >= 15 is 0 Å². The van der Waals surface area contributed by atoms with E-state index in [0.29, 0.717) is 5.56 Å². The number of phenols is 1. The summed E-state index contributed by atoms with van der Waals surface area (Å²) in [4.78, 5) is 0. The maximum absolute atomic E-state index is 9.96. The number of methoxy groups -OCH3 is 1. The predicted octanol–water partition coefficient (Wildman–Crippen LogP) is 4.19. The molecule has 109 valence electrons. The summed E-state index contributed by atoms with van der Waals surface area (Å²) in [5.41, 5.74) is 1.55. The Bertz CT molecular complexity index is 616. The van der Waals surface area contributed by atoms with Gasteiger partial charge in [-0.3, -0.25) is 0 Å². The van der Waals surface area contributed by atoms with Gasteiger partial charge in [-0.15, -0.1) is 0 Å². The topological polar surface area (TPSA) is 38.7 Å². The maximum Gasteiger partial charge on any atom is 0.162 e. The molecule has 3 heteroatoms. The number of ether oxygens (including phenoxy) is 2. The quantitative estimate of drug-likeness (QED) is 0.914. The Balaban J connectivity index is 1.94. The molecule has 1 N–H and O–H groups in total. The van der Waals surface area contributed by atoms with Crippen LogP contribution in [0.1, 0.15) is 25.7 Å². The first-order valence-electron chi connectivity index (χ1n) is 7.32. The standard InChI is InChI=1S/C18H19O3/c1-20-17-11-10-13(15-8-4-5-9-16(15)19)12-18(17)21-14-6-2-3-7-14/h4-5,9-12,14,19H,2-3,6-7H2,1H3. The van der Waals surface area contributed by atoms with E-state index in [1.165, 1.54) is 12.8 Å². The fourth-order valence-electron chi connectivity index (χ4n) is 2.77. The molecule has 0 bridgehead atoms. The smallest absolute Gasteiger partial charge is 0.162 e. The van der Waals surface area contributed by atoms with E-state index in [9.17, 15) is 5.11 Å². The predicted molar refractivity (Wildman–Crippen MR) is 81.8 cm³/mol. The zero-order chi connectivity index (χ0) is 14.7. The summed E-state index contributed by atoms with van der Waals surface area (Å²) in [6, 6.07) is 14.0. The van der Waals surface area contributed by atoms with Gasteiger partial charge in [0.1, 0.15) is 5.75 Å². The van der Waals surface area contributed by atoms with Crippen LogP contribution in [-0.4, -0.2) is 18.3 Å². The normalized spacial score (nSPS) is 15.1. The summed E-state index contributed by atoms with van der Waals surface area (Å²) < 4.78 is 11.5. The van der Waals surface area contributed by atoms with Crippen molar-refractivity contribution in [2.75, 3.05) is 7.11 Å². The van der Waals surface area contributed by atoms with Crippen LogP contribution in [0, 0.1) is 6.07 Å². The highest BCUT2D eigenvalue weighted by Gasteiger charge is 2.19. The third-order valence-electron chi connectivity index (χ3n) is 3.88. The summed E-state index contributed by atoms with van der Waals surface area (Å²) in [6.45, 7) is 0. The third-order valence-corrected chi connectivity index (χ3v) is 3.88. The Morgan fingerprint density at radius 1 is 1.14 bits per heavy atom. The molecule has 0 aliphatic heterocycles. The molecule has 0 unspecified atom stereocenters. The average molecular weight is 283 g/mol. The molecule has 0 saturated heterocycles. The van der Waals surface area contributed by atoms with Gasteiger partial charge >= 0.3 is 0 Å². The number of hydrogen-bond donors (Lipinski definition) is 1. The molecule has 1 fully saturated rings. The van der Waals surface area contributed by atoms with Gasteiger partial charge in [0.2, 0.25) is 0 Å². The lowest BCUT2D eigenvalue weighted by molar-refractivity contribution is 0.201. The maximum atomic E-state index is 9.96. The second-order valence-electron chi connectivity index (χ2n) is 5.32. The fourth-order valence-corrected chi connectivity index (χ4v) is 2.77. The van der Waals surface area contributed by atoms with Gasteiger partial charge in [0, 0.05) is 5.56 Å². The number of hydrogen-bond acceptors (Lipinski definition) is 3. The van der Waals surface area contributed by atoms with Crippen molar-refractivity contribution >= 4 is 0 Å². The zero-order valence-corrected chi connectivity index (χ0v) is 12.1. The SMILES string of the molecule is COc1ccc(-c2[c]cccc2O)cc1OC1CCCC1. The lowest BCUT2D eigenvalue weighted by Gasteiger charge is -2.17. The van der Waals surface area contributed by atoms with E-state index in [1.807, 2.05) is 18.2 Å². The van der Waals surface area contributed by atoms with Gasteiger partial charge in [-0.25, -0.2) is 0 Å². The molecule has 2 aromatic carbocycles. The van der Waals surface area contributed by atoms with Crippen molar-refractivity contribution in [3.8, 4) is 28.4 Å². The minimum absolute atomic E-state index is 0.217. The monoisotopic (exact) mass is 283 g/mol. The van der Waals surface area contributed by atoms with Crippen molar-refractivity contribution < 1.29 is 14.6 Å². The van der Waals surface area contributed by atoms with Crippen LogP contribution < -0.4 is 9.47 Å². The van der Waals surface area contributed by atoms with Crippen LogP contribution in [0.2, 0.25) is 0 Å². The van der Waals surface area contributed by atoms with Gasteiger partial charge in [0.25, 0.3) is 0 Å². The van der Waals surface area contributed by atoms with Crippen LogP contribution in [-0.2, 0) is 0 Å². The van der Waals surface area contributed by atoms with E-state index in [-0.39, 0.29) is 11.9 Å². The Morgan fingerprint density at radius 2 is 1.95 bits per heavy atom. The van der Waals surface area contributed by atoms with Crippen LogP contribution in [0.15, 0.2) is 36.4 Å². The van der Waals surface area contributed by atoms with E-state index in [0.717, 1.165) is 29.9 Å². The first-order chi connectivity index (χ1) is 10.3. The van der Waals surface area contributed by atoms with Crippen molar-refractivity contribution in [3.63, 3.8) is 0 Å². The van der Waals surface area contributed by atoms with E-state index in [4.69, 9.17) is 9.47 Å². The van der Waals surface area contributed by atoms with Crippen molar-refractivity contribution in [2.24, 2.45) is 0 Å². The van der Waals surface area contributed by atoms with Crippen LogP contribution in [0.4, 0.5) is 0 Å². The van der Waals surface area contributed by atoms with Gasteiger partial charge in [-0.2, -0.15) is 0 Å². The largest absolute Gasteiger partial charge is 0.507 e. The zero-order valence-electron chi connectivity index (χ0n) is 12.1. The first kappa shape index (κ1) is 13.8. The Morgan fingerprint density at radius 3 is 2.67 bits per heavy atom. The van der Waals surface area contributed by atoms with Crippen molar-refractivity contribution in [3.05, 3.63) is 42.5 Å². The van der Waals surface area contributed by atoms with Crippen LogP contribution >= 0.6 is 0 Å². The molecule has 2 aromatic rings. The van der Waals surface area contributed by atoms with Crippen LogP contribution in [0.5, 0.6) is 17.2 Å². The molecule has 0 atom stereocenters.